The molecule has 1 aromatic carbocycles. The van der Waals surface area contributed by atoms with E-state index in [1.165, 1.54) is 24.7 Å². The van der Waals surface area contributed by atoms with Crippen LogP contribution in [0.3, 0.4) is 0 Å². The van der Waals surface area contributed by atoms with Gasteiger partial charge in [0.1, 0.15) is 16.4 Å². The third-order valence-electron chi connectivity index (χ3n) is 2.63. The van der Waals surface area contributed by atoms with Crippen molar-refractivity contribution in [3.05, 3.63) is 35.5 Å². The molecule has 9 heteroatoms. The van der Waals surface area contributed by atoms with Crippen molar-refractivity contribution in [3.63, 3.8) is 0 Å². The average molecular weight is 302 g/mol. The van der Waals surface area contributed by atoms with Gasteiger partial charge in [-0.3, -0.25) is 9.40 Å². The van der Waals surface area contributed by atoms with Gasteiger partial charge < -0.3 is 5.73 Å². The molecular weight excluding hydrogens is 290 g/mol. The van der Waals surface area contributed by atoms with E-state index < -0.39 is 27.3 Å². The largest absolute Gasteiger partial charge is 0.381 e. The molecule has 0 fully saturated rings. The predicted octanol–water partition coefficient (Wildman–Crippen LogP) is 1.39. The Morgan fingerprint density at radius 3 is 2.55 bits per heavy atom. The molecule has 0 saturated carbocycles. The molecule has 108 valence electrons. The van der Waals surface area contributed by atoms with Crippen molar-refractivity contribution >= 4 is 21.5 Å². The molecule has 20 heavy (non-hydrogen) atoms. The molecule has 0 spiro atoms. The Labute approximate surface area is 114 Å². The third kappa shape index (κ3) is 2.44. The smallest absolute Gasteiger partial charge is 0.267 e. The Bertz CT molecular complexity index is 771. The molecule has 0 amide bonds. The zero-order chi connectivity index (χ0) is 15.1. The van der Waals surface area contributed by atoms with E-state index in [4.69, 9.17) is 5.73 Å². The first-order valence-electron chi connectivity index (χ1n) is 5.49. The molecule has 6 nitrogen and oxygen atoms in total. The Balaban J connectivity index is 2.49. The van der Waals surface area contributed by atoms with Crippen molar-refractivity contribution in [1.29, 1.82) is 0 Å². The Morgan fingerprint density at radius 1 is 1.35 bits per heavy atom. The predicted molar refractivity (Wildman–Crippen MR) is 69.5 cm³/mol. The second kappa shape index (κ2) is 4.75. The van der Waals surface area contributed by atoms with Gasteiger partial charge in [-0.05, 0) is 18.6 Å². The van der Waals surface area contributed by atoms with Gasteiger partial charge in [0.05, 0.1) is 0 Å². The number of aromatic nitrogens is 2. The number of nitrogen functional groups attached to an aromatic ring is 1. The van der Waals surface area contributed by atoms with Gasteiger partial charge in [0.2, 0.25) is 0 Å². The van der Waals surface area contributed by atoms with Crippen LogP contribution in [0.2, 0.25) is 0 Å². The van der Waals surface area contributed by atoms with Crippen LogP contribution in [0.4, 0.5) is 20.3 Å². The van der Waals surface area contributed by atoms with E-state index in [0.717, 1.165) is 12.3 Å². The topological polar surface area (TPSA) is 90.0 Å². The van der Waals surface area contributed by atoms with Gasteiger partial charge in [-0.15, -0.1) is 0 Å². The summed E-state index contributed by atoms with van der Waals surface area (Å²) in [6, 6.07) is 2.18. The van der Waals surface area contributed by atoms with Crippen molar-refractivity contribution in [1.82, 2.24) is 9.78 Å². The Kier molecular flexibility index (Phi) is 3.38. The fraction of sp³-hybridized carbons (Fsp3) is 0.182. The lowest BCUT2D eigenvalue weighted by Crippen LogP contribution is -2.16. The molecule has 0 radical (unpaired) electrons. The van der Waals surface area contributed by atoms with Crippen LogP contribution in [-0.4, -0.2) is 18.2 Å². The monoisotopic (exact) mass is 302 g/mol. The maximum atomic E-state index is 13.8. The van der Waals surface area contributed by atoms with Gasteiger partial charge in [0, 0.05) is 13.2 Å². The van der Waals surface area contributed by atoms with Gasteiger partial charge in [0.15, 0.2) is 11.6 Å². The van der Waals surface area contributed by atoms with Gasteiger partial charge >= 0.3 is 0 Å². The summed E-state index contributed by atoms with van der Waals surface area (Å²) in [7, 11) is -2.75. The minimum atomic E-state index is -4.22. The molecule has 1 aromatic heterocycles. The number of hydrogen-bond donors (Lipinski definition) is 2. The lowest BCUT2D eigenvalue weighted by molar-refractivity contribution is 0.579. The molecule has 3 N–H and O–H groups in total. The highest BCUT2D eigenvalue weighted by Crippen LogP contribution is 2.26. The molecule has 2 aromatic rings. The molecule has 0 unspecified atom stereocenters. The van der Waals surface area contributed by atoms with E-state index in [-0.39, 0.29) is 16.3 Å². The van der Waals surface area contributed by atoms with E-state index in [2.05, 4.69) is 5.10 Å². The summed E-state index contributed by atoms with van der Waals surface area (Å²) in [5.41, 5.74) is 4.82. The number of benzene rings is 1. The minimum absolute atomic E-state index is 0.114. The van der Waals surface area contributed by atoms with Crippen molar-refractivity contribution < 1.29 is 17.2 Å². The molecule has 2 rings (SSSR count). The lowest BCUT2D eigenvalue weighted by Gasteiger charge is -2.10. The van der Waals surface area contributed by atoms with Crippen LogP contribution in [0, 0.1) is 18.6 Å². The van der Waals surface area contributed by atoms with Crippen LogP contribution in [0.5, 0.6) is 0 Å². The summed E-state index contributed by atoms with van der Waals surface area (Å²) in [5.74, 6) is -2.25. The number of aryl methyl sites for hydroxylation is 2. The van der Waals surface area contributed by atoms with Gasteiger partial charge in [-0.25, -0.2) is 17.2 Å². The van der Waals surface area contributed by atoms with Crippen LogP contribution >= 0.6 is 0 Å². The van der Waals surface area contributed by atoms with E-state index in [1.807, 2.05) is 4.72 Å². The normalized spacial score (nSPS) is 11.6. The number of sulfonamides is 1. The van der Waals surface area contributed by atoms with Gasteiger partial charge in [-0.2, -0.15) is 5.10 Å². The van der Waals surface area contributed by atoms with E-state index >= 15 is 0 Å². The van der Waals surface area contributed by atoms with Crippen LogP contribution in [0.1, 0.15) is 5.56 Å². The van der Waals surface area contributed by atoms with Crippen LogP contribution in [0.15, 0.2) is 23.2 Å². The van der Waals surface area contributed by atoms with E-state index in [1.54, 1.807) is 0 Å². The zero-order valence-corrected chi connectivity index (χ0v) is 11.5. The molecule has 0 saturated heterocycles. The highest BCUT2D eigenvalue weighted by Gasteiger charge is 2.24. The first-order valence-corrected chi connectivity index (χ1v) is 6.97. The maximum absolute atomic E-state index is 13.8. The molecule has 0 atom stereocenters. The summed E-state index contributed by atoms with van der Waals surface area (Å²) < 4.78 is 54.5. The number of anilines is 2. The second-order valence-electron chi connectivity index (χ2n) is 4.21. The Hall–Kier alpha value is -2.16. The maximum Gasteiger partial charge on any atom is 0.267 e. The van der Waals surface area contributed by atoms with Crippen molar-refractivity contribution in [2.75, 3.05) is 10.5 Å². The first-order chi connectivity index (χ1) is 9.22. The average Bonchev–Trinajstić information content (AvgIpc) is 2.70. The fourth-order valence-electron chi connectivity index (χ4n) is 1.63. The number of nitrogens with one attached hydrogen (secondary N) is 1. The second-order valence-corrected chi connectivity index (χ2v) is 5.86. The number of hydrogen-bond acceptors (Lipinski definition) is 4. The quantitative estimate of drug-likeness (QED) is 0.896. The van der Waals surface area contributed by atoms with Crippen molar-refractivity contribution in [2.24, 2.45) is 7.05 Å². The van der Waals surface area contributed by atoms with Gasteiger partial charge in [-0.1, -0.05) is 6.07 Å². The molecule has 0 bridgehead atoms. The SMILES string of the molecule is Cc1ccc(F)c(NS(=O)(=O)c2cn(C)nc2N)c1F. The van der Waals surface area contributed by atoms with Crippen LogP contribution in [-0.2, 0) is 17.1 Å². The van der Waals surface area contributed by atoms with Crippen molar-refractivity contribution in [3.8, 4) is 0 Å². The van der Waals surface area contributed by atoms with E-state index in [9.17, 15) is 17.2 Å². The summed E-state index contributed by atoms with van der Waals surface area (Å²) in [5, 5.41) is 3.67. The number of nitrogens with zero attached hydrogens (tertiary/aromatic N) is 2. The summed E-state index contributed by atoms with van der Waals surface area (Å²) >= 11 is 0. The number of rotatable bonds is 3. The van der Waals surface area contributed by atoms with Crippen LogP contribution in [0.25, 0.3) is 0 Å². The fourth-order valence-corrected chi connectivity index (χ4v) is 2.80. The lowest BCUT2D eigenvalue weighted by atomic mass is 10.2. The standard InChI is InChI=1S/C11H12F2N4O2S/c1-6-3-4-7(12)10(9(6)13)16-20(18,19)8-5-17(2)15-11(8)14/h3-5,16H,1-2H3,(H2,14,15). The number of halogens is 2. The van der Waals surface area contributed by atoms with E-state index in [0.29, 0.717) is 0 Å². The van der Waals surface area contributed by atoms with Crippen molar-refractivity contribution in [2.45, 2.75) is 11.8 Å². The van der Waals surface area contributed by atoms with Gasteiger partial charge in [0.25, 0.3) is 10.0 Å². The molecule has 0 aliphatic carbocycles. The highest BCUT2D eigenvalue weighted by molar-refractivity contribution is 7.92. The first kappa shape index (κ1) is 14.3. The summed E-state index contributed by atoms with van der Waals surface area (Å²) in [6.45, 7) is 1.39. The molecule has 1 heterocycles. The molecule has 0 aliphatic rings. The summed E-state index contributed by atoms with van der Waals surface area (Å²) in [4.78, 5) is -0.347. The minimum Gasteiger partial charge on any atom is -0.381 e. The molecule has 0 aliphatic heterocycles. The molecular formula is C11H12F2N4O2S. The Morgan fingerprint density at radius 2 is 2.00 bits per heavy atom. The zero-order valence-electron chi connectivity index (χ0n) is 10.7. The third-order valence-corrected chi connectivity index (χ3v) is 4.00. The summed E-state index contributed by atoms with van der Waals surface area (Å²) in [6.07, 6.45) is 1.14. The number of nitrogens with two attached hydrogens (primary N) is 1. The van der Waals surface area contributed by atoms with Crippen LogP contribution < -0.4 is 10.5 Å². The highest BCUT2D eigenvalue weighted by atomic mass is 32.2.